The number of hydrogen-bond donors (Lipinski definition) is 0. The van der Waals surface area contributed by atoms with E-state index >= 15 is 0 Å². The number of carbonyl (C=O) groups excluding carboxylic acids is 2. The third-order valence-electron chi connectivity index (χ3n) is 4.52. The lowest BCUT2D eigenvalue weighted by molar-refractivity contribution is -0.140. The van der Waals surface area contributed by atoms with E-state index in [2.05, 4.69) is 6.92 Å². The molecule has 0 radical (unpaired) electrons. The van der Waals surface area contributed by atoms with E-state index in [9.17, 15) is 9.59 Å². The molecule has 0 aromatic carbocycles. The molecule has 1 aliphatic heterocycles. The quantitative estimate of drug-likeness (QED) is 0.615. The van der Waals surface area contributed by atoms with Gasteiger partial charge in [-0.05, 0) is 43.1 Å². The van der Waals surface area contributed by atoms with Gasteiger partial charge in [0.2, 0.25) is 0 Å². The minimum absolute atomic E-state index is 0.0874. The molecule has 18 heavy (non-hydrogen) atoms. The van der Waals surface area contributed by atoms with Crippen molar-refractivity contribution in [2.75, 3.05) is 0 Å². The maximum atomic E-state index is 11.8. The molecule has 0 spiro atoms. The zero-order valence-electron chi connectivity index (χ0n) is 10.9. The molecule has 1 heterocycles. The van der Waals surface area contributed by atoms with Crippen molar-refractivity contribution in [2.45, 2.75) is 39.7 Å². The summed E-state index contributed by atoms with van der Waals surface area (Å²) in [6.45, 7) is 5.82. The lowest BCUT2D eigenvalue weighted by Crippen LogP contribution is -2.34. The molecule has 3 nitrogen and oxygen atoms in total. The molecule has 3 aliphatic rings. The third kappa shape index (κ3) is 1.36. The lowest BCUT2D eigenvalue weighted by Gasteiger charge is -2.40. The molecule has 3 heteroatoms. The molecule has 0 saturated heterocycles. The van der Waals surface area contributed by atoms with Crippen molar-refractivity contribution in [3.05, 3.63) is 34.4 Å². The van der Waals surface area contributed by atoms with Gasteiger partial charge in [0.15, 0.2) is 5.78 Å². The number of ether oxygens (including phenoxy) is 1. The Kier molecular flexibility index (Phi) is 2.19. The van der Waals surface area contributed by atoms with E-state index in [-0.39, 0.29) is 23.3 Å². The van der Waals surface area contributed by atoms with Crippen molar-refractivity contribution in [2.24, 2.45) is 5.41 Å². The molecule has 1 fully saturated rings. The first-order valence-electron chi connectivity index (χ1n) is 6.27. The van der Waals surface area contributed by atoms with Gasteiger partial charge < -0.3 is 4.74 Å². The van der Waals surface area contributed by atoms with Gasteiger partial charge in [-0.15, -0.1) is 0 Å². The first kappa shape index (κ1) is 11.5. The topological polar surface area (TPSA) is 43.4 Å². The summed E-state index contributed by atoms with van der Waals surface area (Å²) in [5, 5.41) is 0. The van der Waals surface area contributed by atoms with Crippen molar-refractivity contribution < 1.29 is 14.3 Å². The minimum Gasteiger partial charge on any atom is -0.454 e. The van der Waals surface area contributed by atoms with Gasteiger partial charge in [-0.1, -0.05) is 13.0 Å². The van der Waals surface area contributed by atoms with Crippen LogP contribution < -0.4 is 0 Å². The van der Waals surface area contributed by atoms with Crippen LogP contribution in [0.1, 0.15) is 33.6 Å². The van der Waals surface area contributed by atoms with E-state index in [1.54, 1.807) is 6.08 Å². The van der Waals surface area contributed by atoms with Crippen LogP contribution in [0.5, 0.6) is 0 Å². The van der Waals surface area contributed by atoms with Crippen LogP contribution >= 0.6 is 0 Å². The van der Waals surface area contributed by atoms with Crippen molar-refractivity contribution in [1.82, 2.24) is 0 Å². The Morgan fingerprint density at radius 3 is 2.72 bits per heavy atom. The summed E-state index contributed by atoms with van der Waals surface area (Å²) in [5.74, 6) is -0.116. The number of rotatable bonds is 0. The van der Waals surface area contributed by atoms with Gasteiger partial charge in [0, 0.05) is 17.4 Å². The van der Waals surface area contributed by atoms with Gasteiger partial charge in [-0.3, -0.25) is 4.79 Å². The maximum absolute atomic E-state index is 11.8. The van der Waals surface area contributed by atoms with Crippen LogP contribution in [0.25, 0.3) is 0 Å². The van der Waals surface area contributed by atoms with Gasteiger partial charge in [-0.2, -0.15) is 0 Å². The van der Waals surface area contributed by atoms with E-state index in [0.717, 1.165) is 28.7 Å². The van der Waals surface area contributed by atoms with Crippen LogP contribution in [0, 0.1) is 5.41 Å². The zero-order valence-corrected chi connectivity index (χ0v) is 10.9. The SMILES string of the molecule is CC1=C2CC3=C(C)C(=O)C=CC3(C)CC2OC1=O. The molecule has 0 bridgehead atoms. The fourth-order valence-electron chi connectivity index (χ4n) is 3.24. The van der Waals surface area contributed by atoms with Gasteiger partial charge in [0.05, 0.1) is 0 Å². The second kappa shape index (κ2) is 3.44. The fourth-order valence-corrected chi connectivity index (χ4v) is 3.24. The van der Waals surface area contributed by atoms with E-state index in [4.69, 9.17) is 4.74 Å². The molecule has 94 valence electrons. The Labute approximate surface area is 106 Å². The van der Waals surface area contributed by atoms with Crippen LogP contribution in [0.3, 0.4) is 0 Å². The summed E-state index contributed by atoms with van der Waals surface area (Å²) in [6.07, 6.45) is 4.97. The highest BCUT2D eigenvalue weighted by atomic mass is 16.5. The minimum atomic E-state index is -0.203. The second-order valence-corrected chi connectivity index (χ2v) is 5.64. The Bertz CT molecular complexity index is 562. The first-order valence-corrected chi connectivity index (χ1v) is 6.27. The Morgan fingerprint density at radius 2 is 2.00 bits per heavy atom. The van der Waals surface area contributed by atoms with Crippen LogP contribution in [0.2, 0.25) is 0 Å². The van der Waals surface area contributed by atoms with Crippen molar-refractivity contribution in [1.29, 1.82) is 0 Å². The summed E-state index contributed by atoms with van der Waals surface area (Å²) in [5.41, 5.74) is 3.63. The zero-order chi connectivity index (χ0) is 13.1. The fraction of sp³-hybridized carbons (Fsp3) is 0.467. The molecule has 2 aliphatic carbocycles. The number of allylic oxidation sites excluding steroid dienone is 4. The van der Waals surface area contributed by atoms with E-state index in [1.165, 1.54) is 0 Å². The van der Waals surface area contributed by atoms with Crippen LogP contribution in [-0.4, -0.2) is 17.9 Å². The van der Waals surface area contributed by atoms with Crippen molar-refractivity contribution in [3.63, 3.8) is 0 Å². The third-order valence-corrected chi connectivity index (χ3v) is 4.52. The number of carbonyl (C=O) groups is 2. The predicted molar refractivity (Wildman–Crippen MR) is 66.8 cm³/mol. The molecule has 0 N–H and O–H groups in total. The van der Waals surface area contributed by atoms with Gasteiger partial charge >= 0.3 is 5.97 Å². The number of hydrogen-bond acceptors (Lipinski definition) is 3. The normalized spacial score (nSPS) is 34.7. The van der Waals surface area contributed by atoms with E-state index in [1.807, 2.05) is 19.9 Å². The van der Waals surface area contributed by atoms with Crippen LogP contribution in [0.4, 0.5) is 0 Å². The molecule has 0 aromatic heterocycles. The highest BCUT2D eigenvalue weighted by Crippen LogP contribution is 2.50. The molecular formula is C15H16O3. The molecule has 2 unspecified atom stereocenters. The molecule has 1 saturated carbocycles. The maximum Gasteiger partial charge on any atom is 0.334 e. The summed E-state index contributed by atoms with van der Waals surface area (Å²) in [4.78, 5) is 23.4. The monoisotopic (exact) mass is 244 g/mol. The van der Waals surface area contributed by atoms with Gasteiger partial charge in [0.25, 0.3) is 0 Å². The van der Waals surface area contributed by atoms with E-state index < -0.39 is 0 Å². The second-order valence-electron chi connectivity index (χ2n) is 5.64. The van der Waals surface area contributed by atoms with Crippen LogP contribution in [0.15, 0.2) is 34.4 Å². The Morgan fingerprint density at radius 1 is 1.28 bits per heavy atom. The lowest BCUT2D eigenvalue weighted by atomic mass is 9.65. The highest BCUT2D eigenvalue weighted by molar-refractivity contribution is 6.05. The van der Waals surface area contributed by atoms with Crippen LogP contribution in [-0.2, 0) is 14.3 Å². The summed E-state index contributed by atoms with van der Waals surface area (Å²) in [6, 6.07) is 0. The van der Waals surface area contributed by atoms with Gasteiger partial charge in [-0.25, -0.2) is 4.79 Å². The van der Waals surface area contributed by atoms with Gasteiger partial charge in [0.1, 0.15) is 6.10 Å². The number of fused-ring (bicyclic) bond motifs is 2. The smallest absolute Gasteiger partial charge is 0.334 e. The average Bonchev–Trinajstić information content (AvgIpc) is 2.58. The molecule has 2 atom stereocenters. The van der Waals surface area contributed by atoms with Crippen molar-refractivity contribution >= 4 is 11.8 Å². The first-order chi connectivity index (χ1) is 8.42. The van der Waals surface area contributed by atoms with Crippen molar-refractivity contribution in [3.8, 4) is 0 Å². The standard InChI is InChI=1S/C15H16O3/c1-8-10-6-11-9(2)12(16)4-5-15(11,3)7-13(10)18-14(8)17/h4-5,13H,6-7H2,1-3H3. The number of ketones is 1. The molecule has 3 rings (SSSR count). The average molecular weight is 244 g/mol. The predicted octanol–water partition coefficient (Wildman–Crippen LogP) is 2.48. The molecular weight excluding hydrogens is 228 g/mol. The molecule has 0 aromatic rings. The Balaban J connectivity index is 2.10. The largest absolute Gasteiger partial charge is 0.454 e. The summed E-state index contributed by atoms with van der Waals surface area (Å²) >= 11 is 0. The molecule has 0 amide bonds. The summed E-state index contributed by atoms with van der Waals surface area (Å²) in [7, 11) is 0. The highest BCUT2D eigenvalue weighted by Gasteiger charge is 2.45. The summed E-state index contributed by atoms with van der Waals surface area (Å²) < 4.78 is 5.40. The Hall–Kier alpha value is -1.64. The van der Waals surface area contributed by atoms with E-state index in [0.29, 0.717) is 6.42 Å². The number of esters is 1.